The number of fused-ring (bicyclic) bond motifs is 1. The second-order valence-corrected chi connectivity index (χ2v) is 4.71. The van der Waals surface area contributed by atoms with Crippen molar-refractivity contribution in [3.05, 3.63) is 28.8 Å². The van der Waals surface area contributed by atoms with Gasteiger partial charge in [0.1, 0.15) is 5.75 Å². The highest BCUT2D eigenvalue weighted by atomic mass is 16.5. The van der Waals surface area contributed by atoms with E-state index in [1.54, 1.807) is 6.92 Å². The largest absolute Gasteiger partial charge is 0.507 e. The molecule has 0 spiro atoms. The van der Waals surface area contributed by atoms with Gasteiger partial charge in [0, 0.05) is 0 Å². The summed E-state index contributed by atoms with van der Waals surface area (Å²) >= 11 is 0. The first-order chi connectivity index (χ1) is 9.15. The van der Waals surface area contributed by atoms with Gasteiger partial charge in [-0.1, -0.05) is 12.5 Å². The minimum Gasteiger partial charge on any atom is -0.507 e. The van der Waals surface area contributed by atoms with E-state index in [9.17, 15) is 14.7 Å². The third-order valence-electron chi connectivity index (χ3n) is 3.45. The molecule has 0 radical (unpaired) electrons. The molecule has 0 aliphatic heterocycles. The van der Waals surface area contributed by atoms with E-state index < -0.39 is 11.8 Å². The zero-order valence-corrected chi connectivity index (χ0v) is 11.1. The summed E-state index contributed by atoms with van der Waals surface area (Å²) in [5.41, 5.74) is 2.01. The van der Waals surface area contributed by atoms with Crippen molar-refractivity contribution >= 4 is 11.8 Å². The molecule has 0 saturated heterocycles. The number of hydrogen-bond acceptors (Lipinski definition) is 4. The van der Waals surface area contributed by atoms with Crippen LogP contribution in [-0.4, -0.2) is 23.5 Å². The predicted molar refractivity (Wildman–Crippen MR) is 70.3 cm³/mol. The Morgan fingerprint density at radius 2 is 1.95 bits per heavy atom. The summed E-state index contributed by atoms with van der Waals surface area (Å²) < 4.78 is 4.74. The second-order valence-electron chi connectivity index (χ2n) is 4.71. The highest BCUT2D eigenvalue weighted by molar-refractivity contribution is 6.41. The molecule has 1 aromatic rings. The van der Waals surface area contributed by atoms with Crippen molar-refractivity contribution in [1.29, 1.82) is 0 Å². The Morgan fingerprint density at radius 3 is 2.68 bits per heavy atom. The lowest BCUT2D eigenvalue weighted by atomic mass is 9.93. The van der Waals surface area contributed by atoms with Gasteiger partial charge in [0.25, 0.3) is 5.78 Å². The molecular formula is C15H18O4. The minimum absolute atomic E-state index is 0.126. The summed E-state index contributed by atoms with van der Waals surface area (Å²) in [6.07, 6.45) is 4.76. The number of ketones is 1. The Kier molecular flexibility index (Phi) is 4.20. The van der Waals surface area contributed by atoms with Crippen LogP contribution in [0.5, 0.6) is 5.75 Å². The molecule has 102 valence electrons. The van der Waals surface area contributed by atoms with Gasteiger partial charge in [-0.25, -0.2) is 4.79 Å². The van der Waals surface area contributed by atoms with Crippen LogP contribution in [0.4, 0.5) is 0 Å². The molecule has 0 amide bonds. The SMILES string of the molecule is CCOC(=O)C(=O)c1c(O)ccc2c1CCCCC2. The Morgan fingerprint density at radius 1 is 1.21 bits per heavy atom. The molecule has 1 aliphatic carbocycles. The molecule has 4 nitrogen and oxygen atoms in total. The van der Waals surface area contributed by atoms with E-state index >= 15 is 0 Å². The van der Waals surface area contributed by atoms with Crippen LogP contribution in [0.25, 0.3) is 0 Å². The van der Waals surface area contributed by atoms with E-state index in [0.29, 0.717) is 0 Å². The van der Waals surface area contributed by atoms with Crippen LogP contribution in [0.2, 0.25) is 0 Å². The molecule has 0 saturated carbocycles. The molecule has 19 heavy (non-hydrogen) atoms. The van der Waals surface area contributed by atoms with Crippen molar-refractivity contribution in [3.8, 4) is 5.75 Å². The highest BCUT2D eigenvalue weighted by Gasteiger charge is 2.26. The number of ether oxygens (including phenoxy) is 1. The topological polar surface area (TPSA) is 63.6 Å². The first-order valence-corrected chi connectivity index (χ1v) is 6.70. The van der Waals surface area contributed by atoms with E-state index in [4.69, 9.17) is 4.74 Å². The Balaban J connectivity index is 2.44. The Bertz CT molecular complexity index is 505. The number of rotatable bonds is 3. The fourth-order valence-corrected chi connectivity index (χ4v) is 2.54. The molecule has 4 heteroatoms. The Hall–Kier alpha value is -1.84. The van der Waals surface area contributed by atoms with Gasteiger partial charge in [0.2, 0.25) is 0 Å². The highest BCUT2D eigenvalue weighted by Crippen LogP contribution is 2.30. The second kappa shape index (κ2) is 5.87. The molecule has 1 N–H and O–H groups in total. The third kappa shape index (κ3) is 2.78. The van der Waals surface area contributed by atoms with E-state index in [1.165, 1.54) is 6.07 Å². The van der Waals surface area contributed by atoms with Gasteiger partial charge < -0.3 is 9.84 Å². The van der Waals surface area contributed by atoms with Crippen LogP contribution in [0.15, 0.2) is 12.1 Å². The third-order valence-corrected chi connectivity index (χ3v) is 3.45. The maximum absolute atomic E-state index is 12.1. The van der Waals surface area contributed by atoms with Crippen LogP contribution < -0.4 is 0 Å². The van der Waals surface area contributed by atoms with Crippen LogP contribution in [0.3, 0.4) is 0 Å². The summed E-state index contributed by atoms with van der Waals surface area (Å²) in [4.78, 5) is 23.7. The van der Waals surface area contributed by atoms with Gasteiger partial charge in [-0.15, -0.1) is 0 Å². The predicted octanol–water partition coefficient (Wildman–Crippen LogP) is 2.41. The van der Waals surface area contributed by atoms with E-state index in [-0.39, 0.29) is 17.9 Å². The lowest BCUT2D eigenvalue weighted by molar-refractivity contribution is -0.137. The first kappa shape index (κ1) is 13.6. The minimum atomic E-state index is -0.893. The molecular weight excluding hydrogens is 244 g/mol. The van der Waals surface area contributed by atoms with Gasteiger partial charge in [-0.2, -0.15) is 0 Å². The fraction of sp³-hybridized carbons (Fsp3) is 0.467. The quantitative estimate of drug-likeness (QED) is 0.393. The summed E-state index contributed by atoms with van der Waals surface area (Å²) in [7, 11) is 0. The summed E-state index contributed by atoms with van der Waals surface area (Å²) in [5, 5.41) is 9.92. The fourth-order valence-electron chi connectivity index (χ4n) is 2.54. The summed E-state index contributed by atoms with van der Waals surface area (Å²) in [5.74, 6) is -1.76. The van der Waals surface area contributed by atoms with Gasteiger partial charge in [-0.05, 0) is 49.8 Å². The molecule has 1 aromatic carbocycles. The number of benzene rings is 1. The van der Waals surface area contributed by atoms with Crippen molar-refractivity contribution in [1.82, 2.24) is 0 Å². The van der Waals surface area contributed by atoms with Crippen LogP contribution in [0, 0.1) is 0 Å². The average Bonchev–Trinajstić information content (AvgIpc) is 2.63. The standard InChI is InChI=1S/C15H18O4/c1-2-19-15(18)14(17)13-11-7-5-3-4-6-10(11)8-9-12(13)16/h8-9,16H,2-7H2,1H3. The van der Waals surface area contributed by atoms with Gasteiger partial charge >= 0.3 is 5.97 Å². The number of carbonyl (C=O) groups excluding carboxylic acids is 2. The normalized spacial score (nSPS) is 14.4. The van der Waals surface area contributed by atoms with Crippen LogP contribution >= 0.6 is 0 Å². The molecule has 0 fully saturated rings. The lowest BCUT2D eigenvalue weighted by Gasteiger charge is -2.12. The van der Waals surface area contributed by atoms with Crippen LogP contribution in [-0.2, 0) is 22.4 Å². The molecule has 0 atom stereocenters. The zero-order chi connectivity index (χ0) is 13.8. The molecule has 1 aliphatic rings. The number of phenolic OH excluding ortho intramolecular Hbond substituents is 1. The molecule has 0 heterocycles. The zero-order valence-electron chi connectivity index (χ0n) is 11.1. The van der Waals surface area contributed by atoms with Gasteiger partial charge in [-0.3, -0.25) is 4.79 Å². The van der Waals surface area contributed by atoms with Crippen molar-refractivity contribution in [3.63, 3.8) is 0 Å². The van der Waals surface area contributed by atoms with Crippen molar-refractivity contribution in [2.24, 2.45) is 0 Å². The number of esters is 1. The van der Waals surface area contributed by atoms with Crippen molar-refractivity contribution < 1.29 is 19.4 Å². The average molecular weight is 262 g/mol. The van der Waals surface area contributed by atoms with E-state index in [2.05, 4.69) is 0 Å². The van der Waals surface area contributed by atoms with Crippen molar-refractivity contribution in [2.75, 3.05) is 6.61 Å². The number of Topliss-reactive ketones (excluding diaryl/α,β-unsaturated/α-hetero) is 1. The van der Waals surface area contributed by atoms with E-state index in [0.717, 1.165) is 43.2 Å². The summed E-state index contributed by atoms with van der Waals surface area (Å²) in [6.45, 7) is 1.80. The van der Waals surface area contributed by atoms with Crippen molar-refractivity contribution in [2.45, 2.75) is 39.0 Å². The maximum Gasteiger partial charge on any atom is 0.379 e. The first-order valence-electron chi connectivity index (χ1n) is 6.70. The lowest BCUT2D eigenvalue weighted by Crippen LogP contribution is -2.20. The summed E-state index contributed by atoms with van der Waals surface area (Å²) in [6, 6.07) is 3.34. The number of phenols is 1. The van der Waals surface area contributed by atoms with Gasteiger partial charge in [0.05, 0.1) is 12.2 Å². The number of aryl methyl sites for hydroxylation is 1. The maximum atomic E-state index is 12.1. The Labute approximate surface area is 112 Å². The monoisotopic (exact) mass is 262 g/mol. The molecule has 0 bridgehead atoms. The molecule has 2 rings (SSSR count). The van der Waals surface area contributed by atoms with Gasteiger partial charge in [0.15, 0.2) is 0 Å². The van der Waals surface area contributed by atoms with E-state index in [1.807, 2.05) is 6.07 Å². The number of carbonyl (C=O) groups is 2. The smallest absolute Gasteiger partial charge is 0.379 e. The number of aromatic hydroxyl groups is 1. The molecule has 0 aromatic heterocycles. The van der Waals surface area contributed by atoms with Crippen LogP contribution in [0.1, 0.15) is 47.7 Å². The molecule has 0 unspecified atom stereocenters. The number of hydrogen-bond donors (Lipinski definition) is 1.